The Hall–Kier alpha value is -7.91. The van der Waals surface area contributed by atoms with Gasteiger partial charge in [-0.1, -0.05) is 239 Å². The molecule has 1 amide bonds. The van der Waals surface area contributed by atoms with Crippen molar-refractivity contribution in [2.45, 2.75) is 241 Å². The molecule has 0 aliphatic rings. The normalized spacial score (nSPS) is 10.4. The second-order valence-corrected chi connectivity index (χ2v) is 22.2. The van der Waals surface area contributed by atoms with E-state index in [2.05, 4.69) is 109 Å². The smallest absolute Gasteiger partial charge is 0.407 e. The summed E-state index contributed by atoms with van der Waals surface area (Å²) in [5, 5.41) is 21.3. The van der Waals surface area contributed by atoms with Crippen molar-refractivity contribution in [1.29, 1.82) is 0 Å². The van der Waals surface area contributed by atoms with E-state index < -0.39 is 36.2 Å². The number of hydrogen-bond donors (Lipinski definition) is 3. The zero-order chi connectivity index (χ0) is 76.7. The van der Waals surface area contributed by atoms with E-state index >= 15 is 0 Å². The third-order valence-corrected chi connectivity index (χ3v) is 13.1. The average molecular weight is 1400 g/mol. The molecule has 0 spiro atoms. The molecule has 0 aliphatic heterocycles. The number of aliphatic hydroxyl groups excluding tert-OH is 2. The van der Waals surface area contributed by atoms with Gasteiger partial charge in [-0.15, -0.1) is 0 Å². The maximum absolute atomic E-state index is 11.5. The molecule has 0 saturated heterocycles. The average Bonchev–Trinajstić information content (AvgIpc) is 1.58. The zero-order valence-corrected chi connectivity index (χ0v) is 62.7. The molecular formula is C78H131NO20. The SMILES string of the molecule is C=C(C)C(=O)OC.C=C(C)C(=O)OCCO.C=C(C)C(=O)OCCOC(=O)NCCCCCCCC.C=CC(=O)OC(CCCCCCCC(=O)OC)C(O)CCCCCCCC.C=CC(=O)OCC(CC)CCCC.C=CC(=O)OCCCC.C=COC(C)=O.C=Cc1ccccc1. The van der Waals surface area contributed by atoms with Crippen LogP contribution in [0.15, 0.2) is 124 Å². The number of hydrogen-bond acceptors (Lipinski definition) is 20. The Bertz CT molecular complexity index is 2290. The van der Waals surface area contributed by atoms with E-state index in [0.29, 0.717) is 61.7 Å². The molecule has 3 atom stereocenters. The Balaban J connectivity index is -0.000000207. The number of unbranched alkanes of at least 4 members (excludes halogenated alkanes) is 16. The quantitative estimate of drug-likeness (QED) is 0.0180. The van der Waals surface area contributed by atoms with Crippen LogP contribution >= 0.6 is 0 Å². The van der Waals surface area contributed by atoms with Crippen molar-refractivity contribution >= 4 is 59.9 Å². The number of aliphatic hydroxyl groups is 2. The maximum Gasteiger partial charge on any atom is 0.407 e. The number of nitrogens with one attached hydrogen (secondary N) is 1. The van der Waals surface area contributed by atoms with Crippen LogP contribution in [0.25, 0.3) is 6.08 Å². The molecule has 0 fully saturated rings. The second-order valence-electron chi connectivity index (χ2n) is 22.2. The summed E-state index contributed by atoms with van der Waals surface area (Å²) < 4.78 is 42.2. The van der Waals surface area contributed by atoms with Crippen LogP contribution in [0.1, 0.15) is 235 Å². The van der Waals surface area contributed by atoms with E-state index in [1.165, 1.54) is 103 Å². The number of methoxy groups -OCH3 is 2. The van der Waals surface area contributed by atoms with E-state index in [-0.39, 0.29) is 56.3 Å². The Morgan fingerprint density at radius 3 is 1.37 bits per heavy atom. The van der Waals surface area contributed by atoms with Crippen molar-refractivity contribution in [2.75, 3.05) is 60.4 Å². The Labute approximate surface area is 596 Å². The molecule has 568 valence electrons. The van der Waals surface area contributed by atoms with Crippen LogP contribution in [-0.2, 0) is 81.0 Å². The van der Waals surface area contributed by atoms with E-state index in [4.69, 9.17) is 24.1 Å². The summed E-state index contributed by atoms with van der Waals surface area (Å²) in [6, 6.07) is 10.0. The molecule has 3 unspecified atom stereocenters. The van der Waals surface area contributed by atoms with E-state index in [0.717, 1.165) is 95.8 Å². The largest absolute Gasteiger partial charge is 0.469 e. The van der Waals surface area contributed by atoms with Crippen LogP contribution in [0, 0.1) is 5.92 Å². The van der Waals surface area contributed by atoms with Gasteiger partial charge in [-0.05, 0) is 77.2 Å². The fraction of sp³-hybridized carbons (Fsp3) is 0.603. The maximum atomic E-state index is 11.5. The lowest BCUT2D eigenvalue weighted by Gasteiger charge is -2.23. The van der Waals surface area contributed by atoms with Crippen LogP contribution in [0.5, 0.6) is 0 Å². The number of carbonyl (C=O) groups is 9. The van der Waals surface area contributed by atoms with E-state index in [1.807, 2.05) is 43.3 Å². The molecule has 0 bridgehead atoms. The molecule has 0 aliphatic carbocycles. The Morgan fingerprint density at radius 1 is 0.495 bits per heavy atom. The predicted molar refractivity (Wildman–Crippen MR) is 396 cm³/mol. The number of benzene rings is 1. The first-order valence-electron chi connectivity index (χ1n) is 34.8. The number of carbonyl (C=O) groups excluding carboxylic acids is 9. The van der Waals surface area contributed by atoms with Gasteiger partial charge in [-0.2, -0.15) is 0 Å². The third-order valence-electron chi connectivity index (χ3n) is 13.1. The minimum Gasteiger partial charge on any atom is -0.469 e. The molecule has 1 rings (SSSR count). The number of esters is 8. The topological polar surface area (TPSA) is 289 Å². The number of alkyl carbamates (subject to hydrolysis) is 1. The Kier molecular flexibility index (Phi) is 87.1. The molecular weight excluding hydrogens is 1270 g/mol. The van der Waals surface area contributed by atoms with Gasteiger partial charge in [-0.25, -0.2) is 33.6 Å². The molecule has 0 radical (unpaired) electrons. The highest BCUT2D eigenvalue weighted by Gasteiger charge is 2.22. The van der Waals surface area contributed by atoms with Gasteiger partial charge >= 0.3 is 53.8 Å². The summed E-state index contributed by atoms with van der Waals surface area (Å²) in [5.74, 6) is -2.36. The van der Waals surface area contributed by atoms with Crippen LogP contribution in [0.3, 0.4) is 0 Å². The van der Waals surface area contributed by atoms with E-state index in [1.54, 1.807) is 20.8 Å². The van der Waals surface area contributed by atoms with Crippen LogP contribution in [0.2, 0.25) is 0 Å². The fourth-order valence-electron chi connectivity index (χ4n) is 7.31. The highest BCUT2D eigenvalue weighted by atomic mass is 16.6. The minimum atomic E-state index is -0.612. The number of ether oxygens (including phenoxy) is 9. The molecule has 3 N–H and O–H groups in total. The zero-order valence-electron chi connectivity index (χ0n) is 62.7. The highest BCUT2D eigenvalue weighted by molar-refractivity contribution is 5.87. The molecule has 0 saturated carbocycles. The van der Waals surface area contributed by atoms with Gasteiger partial charge < -0.3 is 58.2 Å². The number of amides is 1. The van der Waals surface area contributed by atoms with Crippen molar-refractivity contribution in [3.63, 3.8) is 0 Å². The lowest BCUT2D eigenvalue weighted by Crippen LogP contribution is -2.31. The molecule has 0 aromatic heterocycles. The fourth-order valence-corrected chi connectivity index (χ4v) is 7.31. The van der Waals surface area contributed by atoms with Gasteiger partial charge in [-0.3, -0.25) is 9.59 Å². The molecule has 21 nitrogen and oxygen atoms in total. The Morgan fingerprint density at radius 2 is 0.960 bits per heavy atom. The van der Waals surface area contributed by atoms with E-state index in [9.17, 15) is 48.3 Å². The first-order chi connectivity index (χ1) is 47.2. The van der Waals surface area contributed by atoms with Gasteiger partial charge in [0.2, 0.25) is 0 Å². The molecule has 99 heavy (non-hydrogen) atoms. The van der Waals surface area contributed by atoms with Gasteiger partial charge in [0.05, 0.1) is 46.4 Å². The van der Waals surface area contributed by atoms with Crippen molar-refractivity contribution in [3.8, 4) is 0 Å². The summed E-state index contributed by atoms with van der Waals surface area (Å²) in [6.45, 7) is 45.5. The van der Waals surface area contributed by atoms with Crippen LogP contribution in [-0.4, -0.2) is 137 Å². The van der Waals surface area contributed by atoms with Crippen LogP contribution in [0.4, 0.5) is 4.79 Å². The van der Waals surface area contributed by atoms with Gasteiger partial charge in [0, 0.05) is 54.8 Å². The van der Waals surface area contributed by atoms with Crippen molar-refractivity contribution in [2.24, 2.45) is 5.92 Å². The number of rotatable bonds is 46. The predicted octanol–water partition coefficient (Wildman–Crippen LogP) is 16.6. The third kappa shape index (κ3) is 88.1. The lowest BCUT2D eigenvalue weighted by atomic mass is 9.99. The van der Waals surface area contributed by atoms with Crippen molar-refractivity contribution in [3.05, 3.63) is 130 Å². The van der Waals surface area contributed by atoms with Crippen molar-refractivity contribution < 1.29 is 96.0 Å². The summed E-state index contributed by atoms with van der Waals surface area (Å²) in [4.78, 5) is 96.4. The van der Waals surface area contributed by atoms with Crippen molar-refractivity contribution in [1.82, 2.24) is 5.32 Å². The standard InChI is InChI=1S/C22H40O5.C15H27NO4.C11H20O2.C8H8.C7H12O2.C6H10O3.C5H8O2.C4H6O2/c1-4-6-7-8-10-13-16-19(23)20(27-21(24)5-2)17-14-11-9-12-15-18-22(25)26-3;1-4-5-6-7-8-9-10-16-15(18)20-12-11-19-14(17)13(2)3;1-4-7-8-10(5-2)9-13-11(12)6-3;1-2-8-6-4-3-5-7-8;1-3-5-6-9-7(8)4-2;1-5(2)6(8)9-4-3-7;1-4(2)5(6)7-3;1-3-6-4(2)5/h5,19-20,23H,2,4,6-18H2,1,3H3;2,4-12H2,1,3H3,(H,16,18);6,10H,3-5,7-9H2,1-2H3;2-7H,1H2;4H,2-3,5-6H2,1H3;7H,1,3-4H2,2H3;1H2,2-3H3;3H,1H2,2H3. The summed E-state index contributed by atoms with van der Waals surface area (Å²) in [6.07, 6.45) is 32.1. The molecule has 0 heterocycles. The summed E-state index contributed by atoms with van der Waals surface area (Å²) >= 11 is 0. The second kappa shape index (κ2) is 82.5. The van der Waals surface area contributed by atoms with Gasteiger partial charge in [0.15, 0.2) is 0 Å². The first kappa shape index (κ1) is 105. The first-order valence-corrected chi connectivity index (χ1v) is 34.8. The lowest BCUT2D eigenvalue weighted by molar-refractivity contribution is -0.150. The summed E-state index contributed by atoms with van der Waals surface area (Å²) in [7, 11) is 2.74. The molecule has 21 heteroatoms. The minimum absolute atomic E-state index is 0.0473. The molecule has 1 aromatic rings. The summed E-state index contributed by atoms with van der Waals surface area (Å²) in [5.41, 5.74) is 2.29. The highest BCUT2D eigenvalue weighted by Crippen LogP contribution is 2.19. The van der Waals surface area contributed by atoms with Crippen LogP contribution < -0.4 is 5.32 Å². The van der Waals surface area contributed by atoms with Gasteiger partial charge in [0.1, 0.15) is 25.9 Å². The van der Waals surface area contributed by atoms with Gasteiger partial charge in [0.25, 0.3) is 0 Å². The monoisotopic (exact) mass is 1400 g/mol. The molecule has 1 aromatic carbocycles.